The molecule has 0 atom stereocenters. The van der Waals surface area contributed by atoms with Crippen molar-refractivity contribution in [2.75, 3.05) is 7.11 Å². The largest absolute Gasteiger partial charge is 0.495 e. The van der Waals surface area contributed by atoms with Crippen molar-refractivity contribution in [1.82, 2.24) is 4.98 Å². The van der Waals surface area contributed by atoms with Crippen LogP contribution in [0.25, 0.3) is 10.9 Å². The number of aryl methyl sites for hydroxylation is 1. The molecule has 1 aromatic heterocycles. The highest BCUT2D eigenvalue weighted by molar-refractivity contribution is 5.89. The van der Waals surface area contributed by atoms with Crippen molar-refractivity contribution in [3.63, 3.8) is 0 Å². The minimum atomic E-state index is 0.543. The molecule has 0 spiro atoms. The maximum Gasteiger partial charge on any atom is 0.142 e. The number of para-hydroxylation sites is 1. The third-order valence-corrected chi connectivity index (χ3v) is 2.77. The van der Waals surface area contributed by atoms with Gasteiger partial charge in [-0.2, -0.15) is 0 Å². The van der Waals surface area contributed by atoms with E-state index in [1.807, 2.05) is 12.1 Å². The molecular weight excluding hydrogens is 188 g/mol. The number of H-pyrrole nitrogens is 1. The summed E-state index contributed by atoms with van der Waals surface area (Å²) < 4.78 is 5.31. The van der Waals surface area contributed by atoms with E-state index in [1.165, 1.54) is 10.9 Å². The van der Waals surface area contributed by atoms with Gasteiger partial charge < -0.3 is 15.5 Å². The van der Waals surface area contributed by atoms with Gasteiger partial charge in [-0.25, -0.2) is 0 Å². The Morgan fingerprint density at radius 2 is 2.20 bits per heavy atom. The molecule has 1 aromatic carbocycles. The highest BCUT2D eigenvalue weighted by atomic mass is 16.5. The number of methoxy groups -OCH3 is 1. The maximum absolute atomic E-state index is 5.71. The van der Waals surface area contributed by atoms with Gasteiger partial charge in [0.25, 0.3) is 0 Å². The van der Waals surface area contributed by atoms with Crippen LogP contribution in [0, 0.1) is 0 Å². The molecule has 2 rings (SSSR count). The van der Waals surface area contributed by atoms with Crippen LogP contribution < -0.4 is 10.5 Å². The van der Waals surface area contributed by atoms with E-state index in [1.54, 1.807) is 7.11 Å². The number of rotatable bonds is 3. The molecule has 0 unspecified atom stereocenters. The number of aromatic amines is 1. The van der Waals surface area contributed by atoms with Crippen LogP contribution in [-0.2, 0) is 13.0 Å². The summed E-state index contributed by atoms with van der Waals surface area (Å²) in [6.07, 6.45) is 0.986. The summed E-state index contributed by atoms with van der Waals surface area (Å²) in [7, 11) is 1.68. The van der Waals surface area contributed by atoms with Gasteiger partial charge in [-0.15, -0.1) is 0 Å². The Bertz CT molecular complexity index is 474. The first-order valence-corrected chi connectivity index (χ1v) is 5.18. The molecule has 80 valence electrons. The summed E-state index contributed by atoms with van der Waals surface area (Å²) in [5, 5.41) is 1.22. The molecule has 0 radical (unpaired) electrons. The predicted octanol–water partition coefficient (Wildman–Crippen LogP) is 2.20. The Labute approximate surface area is 89.2 Å². The van der Waals surface area contributed by atoms with E-state index in [0.717, 1.165) is 23.4 Å². The second-order valence-electron chi connectivity index (χ2n) is 3.52. The summed E-state index contributed by atoms with van der Waals surface area (Å²) in [5.74, 6) is 0.877. The number of hydrogen-bond acceptors (Lipinski definition) is 2. The number of fused-ring (bicyclic) bond motifs is 1. The number of nitrogens with two attached hydrogens (primary N) is 1. The summed E-state index contributed by atoms with van der Waals surface area (Å²) in [5.41, 5.74) is 9.17. The second kappa shape index (κ2) is 3.95. The molecule has 3 nitrogen and oxygen atoms in total. The van der Waals surface area contributed by atoms with Crippen LogP contribution in [0.2, 0.25) is 0 Å². The van der Waals surface area contributed by atoms with Gasteiger partial charge >= 0.3 is 0 Å². The van der Waals surface area contributed by atoms with Crippen LogP contribution in [0.4, 0.5) is 0 Å². The van der Waals surface area contributed by atoms with E-state index >= 15 is 0 Å². The molecule has 0 saturated heterocycles. The summed E-state index contributed by atoms with van der Waals surface area (Å²) >= 11 is 0. The van der Waals surface area contributed by atoms with E-state index in [9.17, 15) is 0 Å². The van der Waals surface area contributed by atoms with E-state index in [2.05, 4.69) is 18.0 Å². The van der Waals surface area contributed by atoms with Gasteiger partial charge in [0.15, 0.2) is 0 Å². The highest BCUT2D eigenvalue weighted by Gasteiger charge is 2.11. The molecule has 0 aliphatic rings. The van der Waals surface area contributed by atoms with Gasteiger partial charge in [0.1, 0.15) is 5.75 Å². The molecule has 2 aromatic rings. The fourth-order valence-corrected chi connectivity index (χ4v) is 2.05. The maximum atomic E-state index is 5.71. The number of aromatic nitrogens is 1. The lowest BCUT2D eigenvalue weighted by Gasteiger charge is -2.00. The van der Waals surface area contributed by atoms with Crippen molar-refractivity contribution < 1.29 is 4.74 Å². The van der Waals surface area contributed by atoms with Gasteiger partial charge in [0, 0.05) is 17.6 Å². The van der Waals surface area contributed by atoms with Gasteiger partial charge in [-0.3, -0.25) is 0 Å². The van der Waals surface area contributed by atoms with Crippen LogP contribution in [0.15, 0.2) is 18.2 Å². The predicted molar refractivity (Wildman–Crippen MR) is 62.1 cm³/mol. The molecule has 0 amide bonds. The number of nitrogens with one attached hydrogen (secondary N) is 1. The van der Waals surface area contributed by atoms with Crippen molar-refractivity contribution in [2.24, 2.45) is 5.73 Å². The van der Waals surface area contributed by atoms with Gasteiger partial charge in [0.05, 0.1) is 12.6 Å². The third kappa shape index (κ3) is 1.49. The number of benzene rings is 1. The van der Waals surface area contributed by atoms with E-state index in [-0.39, 0.29) is 0 Å². The van der Waals surface area contributed by atoms with Crippen molar-refractivity contribution in [3.05, 3.63) is 29.5 Å². The smallest absolute Gasteiger partial charge is 0.142 e. The lowest BCUT2D eigenvalue weighted by atomic mass is 10.1. The molecule has 15 heavy (non-hydrogen) atoms. The molecule has 3 heteroatoms. The first-order chi connectivity index (χ1) is 7.31. The summed E-state index contributed by atoms with van der Waals surface area (Å²) in [6.45, 7) is 2.68. The van der Waals surface area contributed by atoms with Crippen molar-refractivity contribution in [2.45, 2.75) is 19.9 Å². The highest BCUT2D eigenvalue weighted by Crippen LogP contribution is 2.29. The van der Waals surface area contributed by atoms with Crippen LogP contribution in [-0.4, -0.2) is 12.1 Å². The Morgan fingerprint density at radius 3 is 2.80 bits per heavy atom. The average Bonchev–Trinajstić information content (AvgIpc) is 2.66. The molecule has 0 aliphatic heterocycles. The number of ether oxygens (including phenoxy) is 1. The first kappa shape index (κ1) is 10.1. The minimum absolute atomic E-state index is 0.543. The van der Waals surface area contributed by atoms with E-state index in [0.29, 0.717) is 6.54 Å². The van der Waals surface area contributed by atoms with Crippen LogP contribution in [0.3, 0.4) is 0 Å². The Hall–Kier alpha value is -1.48. The normalized spacial score (nSPS) is 10.9. The van der Waals surface area contributed by atoms with E-state index < -0.39 is 0 Å². The molecule has 1 heterocycles. The fourth-order valence-electron chi connectivity index (χ4n) is 2.05. The summed E-state index contributed by atoms with van der Waals surface area (Å²) in [4.78, 5) is 3.33. The second-order valence-corrected chi connectivity index (χ2v) is 3.52. The molecule has 0 aliphatic carbocycles. The monoisotopic (exact) mass is 204 g/mol. The molecule has 0 saturated carbocycles. The zero-order chi connectivity index (χ0) is 10.8. The van der Waals surface area contributed by atoms with E-state index in [4.69, 9.17) is 10.5 Å². The Morgan fingerprint density at radius 1 is 1.40 bits per heavy atom. The molecular formula is C12H16N2O. The molecule has 0 bridgehead atoms. The van der Waals surface area contributed by atoms with Crippen molar-refractivity contribution in [1.29, 1.82) is 0 Å². The minimum Gasteiger partial charge on any atom is -0.495 e. The molecule has 3 N–H and O–H groups in total. The van der Waals surface area contributed by atoms with Gasteiger partial charge in [-0.1, -0.05) is 19.1 Å². The topological polar surface area (TPSA) is 51.0 Å². The fraction of sp³-hybridized carbons (Fsp3) is 0.333. The third-order valence-electron chi connectivity index (χ3n) is 2.77. The standard InChI is InChI=1S/C12H16N2O/c1-3-8-9-5-4-6-11(15-2)12(9)14-10(8)7-13/h4-6,14H,3,7,13H2,1-2H3. The average molecular weight is 204 g/mol. The van der Waals surface area contributed by atoms with Crippen LogP contribution >= 0.6 is 0 Å². The zero-order valence-corrected chi connectivity index (χ0v) is 9.13. The van der Waals surface area contributed by atoms with Gasteiger partial charge in [0.2, 0.25) is 0 Å². The van der Waals surface area contributed by atoms with Gasteiger partial charge in [-0.05, 0) is 18.1 Å². The summed E-state index contributed by atoms with van der Waals surface area (Å²) in [6, 6.07) is 6.07. The zero-order valence-electron chi connectivity index (χ0n) is 9.13. The molecule has 0 fully saturated rings. The first-order valence-electron chi connectivity index (χ1n) is 5.18. The van der Waals surface area contributed by atoms with Crippen molar-refractivity contribution in [3.8, 4) is 5.75 Å². The van der Waals surface area contributed by atoms with Crippen LogP contribution in [0.5, 0.6) is 5.75 Å². The Kier molecular flexibility index (Phi) is 2.64. The Balaban J connectivity index is 2.75. The lowest BCUT2D eigenvalue weighted by Crippen LogP contribution is -1.99. The van der Waals surface area contributed by atoms with Crippen LogP contribution in [0.1, 0.15) is 18.2 Å². The lowest BCUT2D eigenvalue weighted by molar-refractivity contribution is 0.419. The quantitative estimate of drug-likeness (QED) is 0.805. The SMILES string of the molecule is CCc1c(CN)[nH]c2c(OC)cccc12. The van der Waals surface area contributed by atoms with Crippen molar-refractivity contribution >= 4 is 10.9 Å². The number of hydrogen-bond donors (Lipinski definition) is 2.